The van der Waals surface area contributed by atoms with Gasteiger partial charge < -0.3 is 10.2 Å². The molecule has 0 aliphatic carbocycles. The lowest BCUT2D eigenvalue weighted by Crippen LogP contribution is -2.45. The van der Waals surface area contributed by atoms with Crippen LogP contribution in [0.5, 0.6) is 0 Å². The van der Waals surface area contributed by atoms with E-state index in [1.165, 1.54) is 0 Å². The number of amides is 1. The first kappa shape index (κ1) is 20.2. The number of thiazole rings is 1. The molecule has 0 bridgehead atoms. The number of benzene rings is 1. The van der Waals surface area contributed by atoms with E-state index in [9.17, 15) is 4.79 Å². The topological polar surface area (TPSA) is 63.1 Å². The average Bonchev–Trinajstić information content (AvgIpc) is 3.29. The van der Waals surface area contributed by atoms with Crippen LogP contribution < -0.4 is 10.2 Å². The Balaban J connectivity index is 1.59. The smallest absolute Gasteiger partial charge is 0.225 e. The highest BCUT2D eigenvalue weighted by molar-refractivity contribution is 7.22. The van der Waals surface area contributed by atoms with E-state index < -0.39 is 0 Å². The zero-order chi connectivity index (χ0) is 20.5. The summed E-state index contributed by atoms with van der Waals surface area (Å²) in [6, 6.07) is 7.83. The maximum Gasteiger partial charge on any atom is 0.225 e. The molecule has 3 heterocycles. The van der Waals surface area contributed by atoms with E-state index >= 15 is 0 Å². The van der Waals surface area contributed by atoms with Crippen molar-refractivity contribution in [3.8, 4) is 5.69 Å². The summed E-state index contributed by atoms with van der Waals surface area (Å²) in [5.41, 5.74) is 2.76. The minimum absolute atomic E-state index is 0.0126. The molecule has 0 radical (unpaired) electrons. The first-order valence-corrected chi connectivity index (χ1v) is 11.3. The molecule has 2 aromatic heterocycles. The van der Waals surface area contributed by atoms with E-state index in [0.717, 1.165) is 52.7 Å². The number of hydrogen-bond acceptors (Lipinski definition) is 5. The largest absolute Gasteiger partial charge is 0.353 e. The lowest BCUT2D eigenvalue weighted by molar-refractivity contribution is -0.125. The quantitative estimate of drug-likeness (QED) is 0.642. The summed E-state index contributed by atoms with van der Waals surface area (Å²) in [4.78, 5) is 19.8. The summed E-state index contributed by atoms with van der Waals surface area (Å²) in [6.07, 6.45) is 2.87. The van der Waals surface area contributed by atoms with Crippen LogP contribution in [-0.2, 0) is 4.79 Å². The summed E-state index contributed by atoms with van der Waals surface area (Å²) in [7, 11) is 0. The number of fused-ring (bicyclic) bond motifs is 1. The predicted octanol–water partition coefficient (Wildman–Crippen LogP) is 4.57. The molecule has 1 N–H and O–H groups in total. The first-order chi connectivity index (χ1) is 14.0. The van der Waals surface area contributed by atoms with Crippen LogP contribution in [0, 0.1) is 12.8 Å². The number of halogens is 1. The molecule has 4 rings (SSSR count). The van der Waals surface area contributed by atoms with Gasteiger partial charge in [-0.1, -0.05) is 29.9 Å². The van der Waals surface area contributed by atoms with Gasteiger partial charge in [0.2, 0.25) is 5.91 Å². The Morgan fingerprint density at radius 2 is 2.14 bits per heavy atom. The molecule has 154 valence electrons. The summed E-state index contributed by atoms with van der Waals surface area (Å²) < 4.78 is 2.96. The van der Waals surface area contributed by atoms with E-state index in [1.54, 1.807) is 11.3 Å². The Morgan fingerprint density at radius 3 is 2.86 bits per heavy atom. The monoisotopic (exact) mass is 431 g/mol. The maximum absolute atomic E-state index is 12.6. The van der Waals surface area contributed by atoms with E-state index in [1.807, 2.05) is 35.9 Å². The van der Waals surface area contributed by atoms with Crippen molar-refractivity contribution in [2.45, 2.75) is 46.1 Å². The van der Waals surface area contributed by atoms with Crippen LogP contribution in [0.1, 0.15) is 38.8 Å². The number of aryl methyl sites for hydroxylation is 1. The highest BCUT2D eigenvalue weighted by atomic mass is 35.5. The van der Waals surface area contributed by atoms with Gasteiger partial charge in [0.1, 0.15) is 0 Å². The molecule has 6 nitrogen and oxygen atoms in total. The van der Waals surface area contributed by atoms with Crippen molar-refractivity contribution in [3.05, 3.63) is 35.0 Å². The van der Waals surface area contributed by atoms with Gasteiger partial charge in [-0.3, -0.25) is 4.79 Å². The molecule has 1 aromatic carbocycles. The average molecular weight is 432 g/mol. The fourth-order valence-corrected chi connectivity index (χ4v) is 4.80. The Morgan fingerprint density at radius 1 is 1.38 bits per heavy atom. The third-order valence-electron chi connectivity index (χ3n) is 5.51. The fraction of sp³-hybridized carbons (Fsp3) is 0.476. The van der Waals surface area contributed by atoms with Crippen LogP contribution in [0.25, 0.3) is 16.0 Å². The highest BCUT2D eigenvalue weighted by Crippen LogP contribution is 2.34. The number of aromatic nitrogens is 3. The van der Waals surface area contributed by atoms with E-state index in [0.29, 0.717) is 11.6 Å². The number of nitrogens with zero attached hydrogens (tertiary/aromatic N) is 4. The molecule has 0 spiro atoms. The van der Waals surface area contributed by atoms with Crippen molar-refractivity contribution in [1.82, 2.24) is 20.1 Å². The Bertz CT molecular complexity index is 1010. The van der Waals surface area contributed by atoms with Crippen LogP contribution in [0.15, 0.2) is 24.3 Å². The van der Waals surface area contributed by atoms with E-state index in [2.05, 4.69) is 29.2 Å². The minimum Gasteiger partial charge on any atom is -0.353 e. The van der Waals surface area contributed by atoms with Gasteiger partial charge in [-0.2, -0.15) is 10.1 Å². The van der Waals surface area contributed by atoms with Gasteiger partial charge in [-0.05, 0) is 57.4 Å². The van der Waals surface area contributed by atoms with Crippen molar-refractivity contribution in [3.63, 3.8) is 0 Å². The SMILES string of the molecule is CC[C@@H](C)NC(=O)[C@H]1CCCN(c2nc3c(s2)c(C)nn3-c2ccc(Cl)cc2)C1. The Hall–Kier alpha value is -2.12. The molecular weight excluding hydrogens is 406 g/mol. The van der Waals surface area contributed by atoms with E-state index in [4.69, 9.17) is 16.6 Å². The van der Waals surface area contributed by atoms with Gasteiger partial charge in [0, 0.05) is 24.2 Å². The van der Waals surface area contributed by atoms with Crippen LogP contribution in [0.2, 0.25) is 5.02 Å². The molecule has 1 amide bonds. The van der Waals surface area contributed by atoms with Crippen molar-refractivity contribution >= 4 is 44.3 Å². The van der Waals surface area contributed by atoms with Gasteiger partial charge in [-0.25, -0.2) is 4.68 Å². The molecule has 1 saturated heterocycles. The number of piperidine rings is 1. The Labute approximate surface area is 179 Å². The standard InChI is InChI=1S/C21H26ClN5OS/c1-4-13(2)23-20(28)15-6-5-11-26(12-15)21-24-19-18(29-21)14(3)25-27(19)17-9-7-16(22)8-10-17/h7-10,13,15H,4-6,11-12H2,1-3H3,(H,23,28)/t13-,15+/m1/s1. The van der Waals surface area contributed by atoms with Gasteiger partial charge in [0.15, 0.2) is 10.8 Å². The van der Waals surface area contributed by atoms with Crippen LogP contribution >= 0.6 is 22.9 Å². The van der Waals surface area contributed by atoms with Crippen molar-refractivity contribution in [1.29, 1.82) is 0 Å². The lowest BCUT2D eigenvalue weighted by Gasteiger charge is -2.32. The lowest BCUT2D eigenvalue weighted by atomic mass is 9.97. The summed E-state index contributed by atoms with van der Waals surface area (Å²) in [6.45, 7) is 7.79. The van der Waals surface area contributed by atoms with Gasteiger partial charge >= 0.3 is 0 Å². The third-order valence-corrected chi connectivity index (χ3v) is 6.98. The van der Waals surface area contributed by atoms with Gasteiger partial charge in [0.05, 0.1) is 22.0 Å². The van der Waals surface area contributed by atoms with Crippen LogP contribution in [0.4, 0.5) is 5.13 Å². The maximum atomic E-state index is 12.6. The van der Waals surface area contributed by atoms with Crippen molar-refractivity contribution in [2.24, 2.45) is 5.92 Å². The number of anilines is 1. The first-order valence-electron chi connectivity index (χ1n) is 10.1. The molecule has 1 aliphatic rings. The molecule has 29 heavy (non-hydrogen) atoms. The highest BCUT2D eigenvalue weighted by Gasteiger charge is 2.28. The number of hydrogen-bond donors (Lipinski definition) is 1. The second-order valence-corrected chi connectivity index (χ2v) is 9.14. The minimum atomic E-state index is 0.0126. The van der Waals surface area contributed by atoms with Crippen molar-refractivity contribution in [2.75, 3.05) is 18.0 Å². The van der Waals surface area contributed by atoms with Gasteiger partial charge in [0.25, 0.3) is 0 Å². The summed E-state index contributed by atoms with van der Waals surface area (Å²) >= 11 is 7.68. The summed E-state index contributed by atoms with van der Waals surface area (Å²) in [5, 5.41) is 9.45. The van der Waals surface area contributed by atoms with Crippen molar-refractivity contribution < 1.29 is 4.79 Å². The number of carbonyl (C=O) groups is 1. The van der Waals surface area contributed by atoms with Crippen LogP contribution in [0.3, 0.4) is 0 Å². The zero-order valence-corrected chi connectivity index (χ0v) is 18.6. The number of carbonyl (C=O) groups excluding carboxylic acids is 1. The second kappa shape index (κ2) is 8.32. The molecule has 0 unspecified atom stereocenters. The second-order valence-electron chi connectivity index (χ2n) is 7.73. The molecule has 2 atom stereocenters. The normalized spacial score (nSPS) is 18.2. The molecule has 8 heteroatoms. The molecular formula is C21H26ClN5OS. The molecule has 1 aliphatic heterocycles. The zero-order valence-electron chi connectivity index (χ0n) is 17.0. The molecule has 3 aromatic rings. The Kier molecular flexibility index (Phi) is 5.79. The fourth-order valence-electron chi connectivity index (χ4n) is 3.65. The molecule has 1 fully saturated rings. The van der Waals surface area contributed by atoms with Gasteiger partial charge in [-0.15, -0.1) is 0 Å². The number of rotatable bonds is 5. The van der Waals surface area contributed by atoms with E-state index in [-0.39, 0.29) is 17.9 Å². The summed E-state index contributed by atoms with van der Waals surface area (Å²) in [5.74, 6) is 0.173. The third kappa shape index (κ3) is 4.12. The molecule has 0 saturated carbocycles. The predicted molar refractivity (Wildman–Crippen MR) is 119 cm³/mol. The van der Waals surface area contributed by atoms with Crippen LogP contribution in [-0.4, -0.2) is 39.8 Å². The number of nitrogens with one attached hydrogen (secondary N) is 1.